The molecule has 0 saturated carbocycles. The van der Waals surface area contributed by atoms with E-state index in [-0.39, 0.29) is 88.1 Å². The van der Waals surface area contributed by atoms with Gasteiger partial charge in [-0.1, -0.05) is 30.9 Å². The maximum atomic E-state index is 13.7. The van der Waals surface area contributed by atoms with E-state index >= 15 is 0 Å². The number of ketones is 1. The molecule has 2 aromatic heterocycles. The fourth-order valence-corrected chi connectivity index (χ4v) is 13.0. The summed E-state index contributed by atoms with van der Waals surface area (Å²) in [5, 5.41) is 163. The summed E-state index contributed by atoms with van der Waals surface area (Å²) in [6.45, 7) is -1.99. The SMILES string of the molecule is O=C(CCC(NC(=O)CCCn1cc(COC(=O)N2CCC[C@H]2c2nc(C(=O)c3ccc(F)cc3)cs2)nn1)C(=O)NCCCCCCO[C@@H]1OC(CO)[C@@H](O[C@@H]2OC(CO)[C@H](O)C(O)[C@@H]2O)C(O)[C@@H]1O)NCCCCCCO[C@@H]1OC(CO)[C@@H](O[C@@H]2OC(CO)[C@H](O)C(O)[C@@H]2O)C(O)[C@@H]1O. The predicted octanol–water partition coefficient (Wildman–Crippen LogP) is -4.74. The summed E-state index contributed by atoms with van der Waals surface area (Å²) in [5.74, 6) is -2.26. The molecule has 17 N–H and O–H groups in total. The summed E-state index contributed by atoms with van der Waals surface area (Å²) in [6.07, 6.45) is -25.3. The Bertz CT molecular complexity index is 3030. The molecule has 9 unspecified atom stereocenters. The number of nitrogens with zero attached hydrogens (tertiary/aromatic N) is 5. The number of ether oxygens (including phenoxy) is 9. The molecule has 0 radical (unpaired) electrons. The number of aryl methyl sites for hydroxylation is 1. The Kier molecular flexibility index (Phi) is 32.1. The van der Waals surface area contributed by atoms with Gasteiger partial charge < -0.3 is 130 Å². The number of aliphatic hydroxyl groups is 14. The van der Waals surface area contributed by atoms with Gasteiger partial charge in [-0.05, 0) is 75.6 Å². The van der Waals surface area contributed by atoms with Gasteiger partial charge in [-0.3, -0.25) is 28.8 Å². The number of unbranched alkanes of at least 4 members (excludes halogenated alkanes) is 6. The molecule has 0 spiro atoms. The van der Waals surface area contributed by atoms with Crippen LogP contribution in [-0.4, -0.2) is 314 Å². The third-order valence-electron chi connectivity index (χ3n) is 17.9. The number of amides is 4. The van der Waals surface area contributed by atoms with Crippen LogP contribution in [-0.2, 0) is 70.2 Å². The number of aliphatic hydroxyl groups excluding tert-OH is 14. The van der Waals surface area contributed by atoms with E-state index in [2.05, 4.69) is 31.2 Å². The van der Waals surface area contributed by atoms with Crippen LogP contribution in [0.4, 0.5) is 9.18 Å². The predicted molar refractivity (Wildman–Crippen MR) is 339 cm³/mol. The molecule has 568 valence electrons. The quantitative estimate of drug-likeness (QED) is 0.0189. The molecule has 7 heterocycles. The van der Waals surface area contributed by atoms with Crippen molar-refractivity contribution in [1.82, 2.24) is 40.8 Å². The van der Waals surface area contributed by atoms with Crippen molar-refractivity contribution in [3.8, 4) is 0 Å². The van der Waals surface area contributed by atoms with E-state index in [1.807, 2.05) is 0 Å². The molecule has 101 heavy (non-hydrogen) atoms. The molecular formula is C63H95FN8O28S. The third-order valence-corrected chi connectivity index (χ3v) is 18.9. The van der Waals surface area contributed by atoms with E-state index in [9.17, 15) is 99.9 Å². The molecule has 8 rings (SSSR count). The lowest BCUT2D eigenvalue weighted by molar-refractivity contribution is -0.359. The second-order valence-electron chi connectivity index (χ2n) is 25.3. The maximum absolute atomic E-state index is 13.7. The highest BCUT2D eigenvalue weighted by molar-refractivity contribution is 7.10. The lowest BCUT2D eigenvalue weighted by atomic mass is 9.97. The zero-order chi connectivity index (χ0) is 72.9. The van der Waals surface area contributed by atoms with Crippen molar-refractivity contribution in [1.29, 1.82) is 0 Å². The lowest BCUT2D eigenvalue weighted by Crippen LogP contribution is -2.64. The molecule has 0 bridgehead atoms. The standard InChI is InChI=1S/C63H95FN8O28S/c64-33-15-13-32(14-16-33)44(79)36-31-101-58(68-36)37-11-9-22-72(37)63(91)94-30-34-25-71(70-69-34)21-10-12-43(78)67-35(57(90)66-20-6-2-4-8-24-93-60-54(89)50(85)56(41(29-76)98-60)100-62-52(87)48(83)46(81)39(27-74)96-62)17-18-42(77)65-19-5-1-3-7-23-92-59-53(88)49(84)55(40(28-75)97-59)99-61-51(86)47(82)45(80)38(26-73)95-61/h13-16,25,31,35,37-41,45-56,59-62,73-76,80-89H,1-12,17-24,26-30H2,(H,65,77)(H,66,90)(H,67,78)/t35?,37-,38?,39?,40?,41?,45-,46-,47?,48?,49?,50?,51-,52-,53-,54-,55+,56+,59+,60+,61-,62-/m0/s1. The van der Waals surface area contributed by atoms with Crippen LogP contribution in [0.25, 0.3) is 0 Å². The van der Waals surface area contributed by atoms with E-state index in [4.69, 9.17) is 42.6 Å². The first-order valence-corrected chi connectivity index (χ1v) is 34.8. The molecule has 22 atom stereocenters. The van der Waals surface area contributed by atoms with E-state index in [1.165, 1.54) is 45.2 Å². The van der Waals surface area contributed by atoms with Crippen LogP contribution in [0.1, 0.15) is 123 Å². The number of benzene rings is 1. The van der Waals surface area contributed by atoms with Crippen LogP contribution >= 0.6 is 11.3 Å². The number of hydrogen-bond acceptors (Lipinski definition) is 32. The normalized spacial score (nSPS) is 31.7. The zero-order valence-corrected chi connectivity index (χ0v) is 56.2. The molecule has 5 aliphatic heterocycles. The fourth-order valence-electron chi connectivity index (χ4n) is 12.1. The number of halogens is 1. The Balaban J connectivity index is 0.747. The summed E-state index contributed by atoms with van der Waals surface area (Å²) in [4.78, 5) is 72.6. The third kappa shape index (κ3) is 22.2. The van der Waals surface area contributed by atoms with Crippen LogP contribution in [0.2, 0.25) is 0 Å². The van der Waals surface area contributed by atoms with Crippen molar-refractivity contribution in [3.05, 3.63) is 63.6 Å². The molecule has 5 fully saturated rings. The lowest BCUT2D eigenvalue weighted by Gasteiger charge is -2.45. The summed E-state index contributed by atoms with van der Waals surface area (Å²) in [6, 6.07) is 3.60. The number of aromatic nitrogens is 4. The molecule has 3 aromatic rings. The molecule has 5 saturated heterocycles. The van der Waals surface area contributed by atoms with Crippen molar-refractivity contribution in [2.45, 2.75) is 238 Å². The van der Waals surface area contributed by atoms with Crippen molar-refractivity contribution < 1.29 is 142 Å². The number of carbonyl (C=O) groups is 5. The Labute approximate surface area is 583 Å². The van der Waals surface area contributed by atoms with Gasteiger partial charge >= 0.3 is 6.09 Å². The Hall–Kier alpha value is -5.61. The van der Waals surface area contributed by atoms with E-state index in [0.717, 1.165) is 0 Å². The highest BCUT2D eigenvalue weighted by Crippen LogP contribution is 2.36. The van der Waals surface area contributed by atoms with E-state index in [0.29, 0.717) is 81.5 Å². The Morgan fingerprint density at radius 3 is 1.68 bits per heavy atom. The van der Waals surface area contributed by atoms with E-state index in [1.54, 1.807) is 11.6 Å². The highest BCUT2D eigenvalue weighted by Gasteiger charge is 2.53. The van der Waals surface area contributed by atoms with Crippen molar-refractivity contribution in [2.24, 2.45) is 0 Å². The highest BCUT2D eigenvalue weighted by atomic mass is 32.1. The zero-order valence-electron chi connectivity index (χ0n) is 55.3. The number of likely N-dealkylation sites (tertiary alicyclic amines) is 1. The van der Waals surface area contributed by atoms with E-state index < -0.39 is 185 Å². The Morgan fingerprint density at radius 1 is 0.604 bits per heavy atom. The van der Waals surface area contributed by atoms with Gasteiger partial charge in [-0.2, -0.15) is 0 Å². The summed E-state index contributed by atoms with van der Waals surface area (Å²) < 4.78 is 65.1. The molecule has 1 aromatic carbocycles. The second kappa shape index (κ2) is 40.0. The number of rotatable bonds is 38. The number of hydrogen-bond donors (Lipinski definition) is 17. The van der Waals surface area contributed by atoms with Crippen molar-refractivity contribution >= 4 is 40.9 Å². The minimum Gasteiger partial charge on any atom is -0.443 e. The summed E-state index contributed by atoms with van der Waals surface area (Å²) >= 11 is 1.24. The minimum atomic E-state index is -1.82. The number of nitrogens with one attached hydrogen (secondary N) is 3. The first-order chi connectivity index (χ1) is 48.5. The first-order valence-electron chi connectivity index (χ1n) is 33.9. The van der Waals surface area contributed by atoms with Gasteiger partial charge in [0.15, 0.2) is 25.2 Å². The topological polar surface area (TPSA) is 535 Å². The summed E-state index contributed by atoms with van der Waals surface area (Å²) in [7, 11) is 0. The van der Waals surface area contributed by atoms with Gasteiger partial charge in [0.2, 0.25) is 23.5 Å². The van der Waals surface area contributed by atoms with Crippen LogP contribution < -0.4 is 16.0 Å². The smallest absolute Gasteiger partial charge is 0.410 e. The number of thiazole rings is 1. The van der Waals surface area contributed by atoms with Crippen molar-refractivity contribution in [3.63, 3.8) is 0 Å². The van der Waals surface area contributed by atoms with Crippen LogP contribution in [0.15, 0.2) is 35.8 Å². The van der Waals surface area contributed by atoms with Crippen LogP contribution in [0.3, 0.4) is 0 Å². The molecule has 0 aliphatic carbocycles. The van der Waals surface area contributed by atoms with Gasteiger partial charge in [0.25, 0.3) is 0 Å². The average molecular weight is 1460 g/mol. The first kappa shape index (κ1) is 81.1. The molecule has 5 aliphatic rings. The second-order valence-corrected chi connectivity index (χ2v) is 26.2. The van der Waals surface area contributed by atoms with Gasteiger partial charge in [-0.15, -0.1) is 16.4 Å². The number of carbonyl (C=O) groups excluding carboxylic acids is 5. The average Bonchev–Trinajstić information content (AvgIpc) is 1.50. The maximum Gasteiger partial charge on any atom is 0.410 e. The van der Waals surface area contributed by atoms with Crippen LogP contribution in [0, 0.1) is 5.82 Å². The largest absolute Gasteiger partial charge is 0.443 e. The van der Waals surface area contributed by atoms with Gasteiger partial charge in [0.05, 0.1) is 38.7 Å². The fraction of sp³-hybridized carbons (Fsp3) is 0.746. The Morgan fingerprint density at radius 2 is 1.13 bits per heavy atom. The molecule has 4 amide bonds. The van der Waals surface area contributed by atoms with Crippen LogP contribution in [0.5, 0.6) is 0 Å². The van der Waals surface area contributed by atoms with Crippen molar-refractivity contribution in [2.75, 3.05) is 59.3 Å². The van der Waals surface area contributed by atoms with Gasteiger partial charge in [-0.25, -0.2) is 14.2 Å². The minimum absolute atomic E-state index is 0.0322. The summed E-state index contributed by atoms with van der Waals surface area (Å²) in [5.41, 5.74) is 0.792. The van der Waals surface area contributed by atoms with Gasteiger partial charge in [0, 0.05) is 63.2 Å². The monoisotopic (exact) mass is 1460 g/mol. The molecule has 38 heteroatoms. The molecular weight excluding hydrogens is 1370 g/mol. The van der Waals surface area contributed by atoms with Gasteiger partial charge in [0.1, 0.15) is 133 Å². The molecule has 36 nitrogen and oxygen atoms in total.